The van der Waals surface area contributed by atoms with E-state index in [0.717, 1.165) is 23.7 Å². The van der Waals surface area contributed by atoms with Gasteiger partial charge in [-0.3, -0.25) is 0 Å². The first kappa shape index (κ1) is 9.55. The summed E-state index contributed by atoms with van der Waals surface area (Å²) in [4.78, 5) is 0. The second-order valence-corrected chi connectivity index (χ2v) is 5.62. The molecule has 0 nitrogen and oxygen atoms in total. The lowest BCUT2D eigenvalue weighted by molar-refractivity contribution is 0.108. The molecular formula is C13H24. The lowest BCUT2D eigenvalue weighted by atomic mass is 9.65. The number of fused-ring (bicyclic) bond motifs is 1. The van der Waals surface area contributed by atoms with Crippen molar-refractivity contribution < 1.29 is 0 Å². The molecule has 0 aromatic carbocycles. The molecule has 0 unspecified atom stereocenters. The Morgan fingerprint density at radius 2 is 1.54 bits per heavy atom. The Kier molecular flexibility index (Phi) is 2.96. The predicted octanol–water partition coefficient (Wildman–Crippen LogP) is 4.25. The van der Waals surface area contributed by atoms with Gasteiger partial charge in [0.05, 0.1) is 0 Å². The van der Waals surface area contributed by atoms with Crippen molar-refractivity contribution in [3.63, 3.8) is 0 Å². The van der Waals surface area contributed by atoms with E-state index < -0.39 is 0 Å². The van der Waals surface area contributed by atoms with Gasteiger partial charge in [-0.2, -0.15) is 0 Å². The molecule has 3 atom stereocenters. The highest BCUT2D eigenvalue weighted by molar-refractivity contribution is 4.83. The molecule has 2 aliphatic rings. The van der Waals surface area contributed by atoms with Gasteiger partial charge in [0.15, 0.2) is 0 Å². The molecule has 2 fully saturated rings. The molecule has 0 saturated heterocycles. The van der Waals surface area contributed by atoms with Gasteiger partial charge >= 0.3 is 0 Å². The lowest BCUT2D eigenvalue weighted by Gasteiger charge is -2.40. The van der Waals surface area contributed by atoms with Crippen LogP contribution in [-0.4, -0.2) is 0 Å². The molecule has 2 rings (SSSR count). The van der Waals surface area contributed by atoms with Gasteiger partial charge in [-0.25, -0.2) is 0 Å². The summed E-state index contributed by atoms with van der Waals surface area (Å²) in [5, 5.41) is 0. The van der Waals surface area contributed by atoms with Crippen LogP contribution in [0.4, 0.5) is 0 Å². The lowest BCUT2D eigenvalue weighted by Crippen LogP contribution is -2.29. The smallest absolute Gasteiger partial charge is 0.0383 e. The van der Waals surface area contributed by atoms with E-state index in [1.165, 1.54) is 19.3 Å². The largest absolute Gasteiger partial charge is 0.0625 e. The van der Waals surface area contributed by atoms with Crippen molar-refractivity contribution in [3.8, 4) is 0 Å². The molecule has 0 heterocycles. The molecule has 2 saturated carbocycles. The predicted molar refractivity (Wildman–Crippen MR) is 57.6 cm³/mol. The highest BCUT2D eigenvalue weighted by atomic mass is 14.4. The summed E-state index contributed by atoms with van der Waals surface area (Å²) in [7, 11) is 0. The summed E-state index contributed by atoms with van der Waals surface area (Å²) in [6, 6.07) is 0. The van der Waals surface area contributed by atoms with E-state index in [4.69, 9.17) is 0 Å². The molecular weight excluding hydrogens is 156 g/mol. The van der Waals surface area contributed by atoms with Gasteiger partial charge in [0.25, 0.3) is 0 Å². The van der Waals surface area contributed by atoms with Crippen LogP contribution in [0.1, 0.15) is 58.8 Å². The van der Waals surface area contributed by atoms with Crippen LogP contribution in [0.2, 0.25) is 0 Å². The zero-order chi connectivity index (χ0) is 9.26. The summed E-state index contributed by atoms with van der Waals surface area (Å²) in [6.45, 7) is 4.82. The third-order valence-corrected chi connectivity index (χ3v) is 4.52. The Morgan fingerprint density at radius 1 is 0.846 bits per heavy atom. The molecule has 0 bridgehead atoms. The fourth-order valence-corrected chi connectivity index (χ4v) is 3.52. The van der Waals surface area contributed by atoms with Crippen LogP contribution in [0, 0.1) is 23.7 Å². The molecule has 76 valence electrons. The minimum atomic E-state index is 0.933. The first-order valence-corrected chi connectivity index (χ1v) is 6.27. The summed E-state index contributed by atoms with van der Waals surface area (Å²) < 4.78 is 0. The van der Waals surface area contributed by atoms with Crippen LogP contribution in [0.25, 0.3) is 0 Å². The molecule has 13 heavy (non-hydrogen) atoms. The standard InChI is InChI=1S/C13H24/c1-10(2)12-8-7-11-5-3-4-6-13(11)9-12/h10-13H,3-9H2,1-2H3/t11-,12-,13-/m1/s1. The Hall–Kier alpha value is 0. The molecule has 0 amide bonds. The molecule has 0 N–H and O–H groups in total. The van der Waals surface area contributed by atoms with Crippen molar-refractivity contribution in [3.05, 3.63) is 0 Å². The summed E-state index contributed by atoms with van der Waals surface area (Å²) in [6.07, 6.45) is 10.8. The first-order valence-electron chi connectivity index (χ1n) is 6.27. The molecule has 0 radical (unpaired) electrons. The SMILES string of the molecule is CC(C)[C@@H]1CC[C@H]2CCCC[C@@H]2C1. The van der Waals surface area contributed by atoms with Crippen LogP contribution < -0.4 is 0 Å². The van der Waals surface area contributed by atoms with Gasteiger partial charge < -0.3 is 0 Å². The molecule has 0 aromatic rings. The number of rotatable bonds is 1. The van der Waals surface area contributed by atoms with E-state index >= 15 is 0 Å². The van der Waals surface area contributed by atoms with E-state index in [-0.39, 0.29) is 0 Å². The van der Waals surface area contributed by atoms with Crippen molar-refractivity contribution in [2.75, 3.05) is 0 Å². The number of hydrogen-bond acceptors (Lipinski definition) is 0. The van der Waals surface area contributed by atoms with E-state index in [9.17, 15) is 0 Å². The highest BCUT2D eigenvalue weighted by Gasteiger charge is 2.32. The van der Waals surface area contributed by atoms with Gasteiger partial charge in [-0.05, 0) is 42.9 Å². The van der Waals surface area contributed by atoms with Crippen molar-refractivity contribution in [2.45, 2.75) is 58.8 Å². The quantitative estimate of drug-likeness (QED) is 0.566. The van der Waals surface area contributed by atoms with Gasteiger partial charge in [0.1, 0.15) is 0 Å². The van der Waals surface area contributed by atoms with Gasteiger partial charge in [0.2, 0.25) is 0 Å². The number of hydrogen-bond donors (Lipinski definition) is 0. The summed E-state index contributed by atoms with van der Waals surface area (Å²) in [5.74, 6) is 4.24. The highest BCUT2D eigenvalue weighted by Crippen LogP contribution is 2.44. The minimum absolute atomic E-state index is 0.933. The fraction of sp³-hybridized carbons (Fsp3) is 1.00. The van der Waals surface area contributed by atoms with Crippen LogP contribution in [0.15, 0.2) is 0 Å². The van der Waals surface area contributed by atoms with Crippen LogP contribution in [-0.2, 0) is 0 Å². The molecule has 0 aromatic heterocycles. The Morgan fingerprint density at radius 3 is 2.23 bits per heavy atom. The Labute approximate surface area is 83.1 Å². The van der Waals surface area contributed by atoms with E-state index in [1.807, 2.05) is 0 Å². The minimum Gasteiger partial charge on any atom is -0.0625 e. The second-order valence-electron chi connectivity index (χ2n) is 5.62. The second kappa shape index (κ2) is 4.02. The normalized spacial score (nSPS) is 40.4. The van der Waals surface area contributed by atoms with Crippen molar-refractivity contribution in [2.24, 2.45) is 23.7 Å². The monoisotopic (exact) mass is 180 g/mol. The van der Waals surface area contributed by atoms with E-state index in [1.54, 1.807) is 25.7 Å². The van der Waals surface area contributed by atoms with Gasteiger partial charge in [-0.1, -0.05) is 39.5 Å². The van der Waals surface area contributed by atoms with E-state index in [0.29, 0.717) is 0 Å². The average molecular weight is 180 g/mol. The maximum Gasteiger partial charge on any atom is -0.0383 e. The zero-order valence-corrected chi connectivity index (χ0v) is 9.26. The van der Waals surface area contributed by atoms with Gasteiger partial charge in [0, 0.05) is 0 Å². The third-order valence-electron chi connectivity index (χ3n) is 4.52. The summed E-state index contributed by atoms with van der Waals surface area (Å²) >= 11 is 0. The Bertz CT molecular complexity index is 159. The fourth-order valence-electron chi connectivity index (χ4n) is 3.52. The van der Waals surface area contributed by atoms with Gasteiger partial charge in [-0.15, -0.1) is 0 Å². The van der Waals surface area contributed by atoms with Crippen molar-refractivity contribution in [1.82, 2.24) is 0 Å². The third kappa shape index (κ3) is 2.08. The van der Waals surface area contributed by atoms with Crippen LogP contribution in [0.5, 0.6) is 0 Å². The molecule has 0 aliphatic heterocycles. The molecule has 0 heteroatoms. The zero-order valence-electron chi connectivity index (χ0n) is 9.26. The van der Waals surface area contributed by atoms with Crippen LogP contribution in [0.3, 0.4) is 0 Å². The average Bonchev–Trinajstić information content (AvgIpc) is 2.17. The molecule has 0 spiro atoms. The Balaban J connectivity index is 1.91. The van der Waals surface area contributed by atoms with Crippen molar-refractivity contribution >= 4 is 0 Å². The maximum absolute atomic E-state index is 2.41. The van der Waals surface area contributed by atoms with Crippen molar-refractivity contribution in [1.29, 1.82) is 0 Å². The molecule has 2 aliphatic carbocycles. The van der Waals surface area contributed by atoms with Crippen LogP contribution >= 0.6 is 0 Å². The first-order chi connectivity index (χ1) is 6.27. The van der Waals surface area contributed by atoms with E-state index in [2.05, 4.69) is 13.8 Å². The maximum atomic E-state index is 2.41. The summed E-state index contributed by atoms with van der Waals surface area (Å²) in [5.41, 5.74) is 0. The topological polar surface area (TPSA) is 0 Å².